The number of ether oxygens (including phenoxy) is 2. The number of rotatable bonds is 7. The highest BCUT2D eigenvalue weighted by atomic mass is 19.1. The van der Waals surface area contributed by atoms with E-state index in [1.54, 1.807) is 37.1 Å². The molecule has 2 aromatic carbocycles. The normalized spacial score (nSPS) is 23.5. The molecule has 9 rings (SSSR count). The van der Waals surface area contributed by atoms with E-state index in [9.17, 15) is 14.4 Å². The van der Waals surface area contributed by atoms with Crippen LogP contribution in [0.1, 0.15) is 58.4 Å². The van der Waals surface area contributed by atoms with Gasteiger partial charge in [-0.05, 0) is 65.1 Å². The van der Waals surface area contributed by atoms with Gasteiger partial charge in [0.25, 0.3) is 0 Å². The summed E-state index contributed by atoms with van der Waals surface area (Å²) < 4.78 is 68.7. The van der Waals surface area contributed by atoms with Crippen molar-refractivity contribution in [1.82, 2.24) is 34.4 Å². The lowest BCUT2D eigenvalue weighted by Gasteiger charge is -2.42. The maximum Gasteiger partial charge on any atom is 0.410 e. The Kier molecular flexibility index (Phi) is 8.99. The van der Waals surface area contributed by atoms with Crippen LogP contribution in [0.4, 0.5) is 29.7 Å². The molecule has 5 aromatic rings. The van der Waals surface area contributed by atoms with Crippen molar-refractivity contribution in [3.63, 3.8) is 0 Å². The first-order valence-electron chi connectivity index (χ1n) is 19.7. The van der Waals surface area contributed by atoms with E-state index in [0.29, 0.717) is 42.6 Å². The molecule has 2 bridgehead atoms. The molecule has 58 heavy (non-hydrogen) atoms. The average molecular weight is 799 g/mol. The molecule has 0 saturated carbocycles. The second-order valence-electron chi connectivity index (χ2n) is 17.2. The fourth-order valence-electron chi connectivity index (χ4n) is 9.53. The van der Waals surface area contributed by atoms with Gasteiger partial charge >= 0.3 is 12.1 Å². The summed E-state index contributed by atoms with van der Waals surface area (Å²) in [6, 6.07) is 4.11. The number of nitriles is 1. The number of hydrogen-bond donors (Lipinski definition) is 0. The summed E-state index contributed by atoms with van der Waals surface area (Å²) in [5, 5.41) is 15.8. The van der Waals surface area contributed by atoms with E-state index in [4.69, 9.17) is 23.9 Å². The minimum absolute atomic E-state index is 0.0432. The molecule has 17 heteroatoms. The summed E-state index contributed by atoms with van der Waals surface area (Å²) in [6.45, 7) is 7.44. The molecular formula is C41H45F3N10O4. The largest absolute Gasteiger partial charge is 0.461 e. The number of benzene rings is 2. The van der Waals surface area contributed by atoms with Crippen molar-refractivity contribution in [3.8, 4) is 23.2 Å². The van der Waals surface area contributed by atoms with Gasteiger partial charge in [-0.15, -0.1) is 0 Å². The zero-order valence-electron chi connectivity index (χ0n) is 33.4. The average Bonchev–Trinajstić information content (AvgIpc) is 3.95. The first-order valence-corrected chi connectivity index (χ1v) is 19.7. The van der Waals surface area contributed by atoms with E-state index in [1.807, 2.05) is 25.7 Å². The van der Waals surface area contributed by atoms with Crippen molar-refractivity contribution in [1.29, 1.82) is 5.26 Å². The van der Waals surface area contributed by atoms with Crippen molar-refractivity contribution in [2.75, 3.05) is 51.8 Å². The predicted octanol–water partition coefficient (Wildman–Crippen LogP) is 6.84. The van der Waals surface area contributed by atoms with Gasteiger partial charge in [0.05, 0.1) is 40.3 Å². The maximum absolute atomic E-state index is 17.9. The molecule has 0 aliphatic carbocycles. The molecule has 4 fully saturated rings. The second-order valence-corrected chi connectivity index (χ2v) is 17.2. The number of fused-ring (bicyclic) bond motifs is 7. The number of hydrogen-bond acceptors (Lipinski definition) is 11. The first-order chi connectivity index (χ1) is 27.6. The van der Waals surface area contributed by atoms with Gasteiger partial charge in [0.1, 0.15) is 58.3 Å². The third kappa shape index (κ3) is 6.23. The Bertz CT molecular complexity index is 2540. The third-order valence-corrected chi connectivity index (χ3v) is 11.8. The Balaban J connectivity index is 1.24. The lowest BCUT2D eigenvalue weighted by atomic mass is 9.94. The maximum atomic E-state index is 17.9. The van der Waals surface area contributed by atoms with Crippen LogP contribution in [0, 0.1) is 23.0 Å². The number of amides is 1. The van der Waals surface area contributed by atoms with Gasteiger partial charge in [-0.3, -0.25) is 14.5 Å². The molecule has 4 atom stereocenters. The highest BCUT2D eigenvalue weighted by molar-refractivity contribution is 6.18. The van der Waals surface area contributed by atoms with Crippen LogP contribution in [-0.4, -0.2) is 123 Å². The molecule has 7 heterocycles. The number of furan rings is 1. The topological polar surface area (TPSA) is 141 Å². The van der Waals surface area contributed by atoms with E-state index < -0.39 is 28.9 Å². The fourth-order valence-corrected chi connectivity index (χ4v) is 9.53. The summed E-state index contributed by atoms with van der Waals surface area (Å²) in [5.41, 5.74) is -1.60. The molecule has 4 aliphatic rings. The summed E-state index contributed by atoms with van der Waals surface area (Å²) in [5.74, 6) is -1.38. The number of halogens is 3. The summed E-state index contributed by atoms with van der Waals surface area (Å²) in [6.07, 6.45) is 5.24. The van der Waals surface area contributed by atoms with E-state index in [0.717, 1.165) is 38.3 Å². The molecule has 3 aromatic heterocycles. The van der Waals surface area contributed by atoms with Gasteiger partial charge in [-0.25, -0.2) is 23.0 Å². The molecule has 14 nitrogen and oxygen atoms in total. The molecule has 304 valence electrons. The number of carbonyl (C=O) groups excluding carboxylic acids is 1. The first kappa shape index (κ1) is 37.9. The monoisotopic (exact) mass is 798 g/mol. The lowest BCUT2D eigenvalue weighted by molar-refractivity contribution is 0.0122. The fraction of sp³-hybridized carbons (Fsp3) is 0.512. The Morgan fingerprint density at radius 3 is 2.59 bits per heavy atom. The molecule has 1 amide bonds. The predicted molar refractivity (Wildman–Crippen MR) is 211 cm³/mol. The van der Waals surface area contributed by atoms with E-state index in [1.165, 1.54) is 17.1 Å². The Morgan fingerprint density at radius 2 is 1.88 bits per heavy atom. The van der Waals surface area contributed by atoms with Crippen LogP contribution >= 0.6 is 0 Å². The highest BCUT2D eigenvalue weighted by Gasteiger charge is 2.50. The molecule has 4 saturated heterocycles. The van der Waals surface area contributed by atoms with Crippen LogP contribution in [0.5, 0.6) is 6.01 Å². The molecule has 0 radical (unpaired) electrons. The smallest absolute Gasteiger partial charge is 0.410 e. The van der Waals surface area contributed by atoms with Gasteiger partial charge in [0, 0.05) is 64.3 Å². The molecule has 0 spiro atoms. The SMILES string of the molecule is CN(C)/C=N/c1oc2ccc(F)c(-c3c(F)c4nc(OC[C@@]56CCCN5C[C@H](F)C6)nc(N5CC6CCC(C5)N6C(=O)OC(C)(C)C)c4c4cn(C)nc34)c2c1C#N. The van der Waals surface area contributed by atoms with Crippen molar-refractivity contribution in [2.45, 2.75) is 82.3 Å². The van der Waals surface area contributed by atoms with E-state index >= 15 is 8.78 Å². The number of aliphatic imine (C=N–C) groups is 1. The van der Waals surface area contributed by atoms with E-state index in [-0.39, 0.29) is 75.4 Å². The summed E-state index contributed by atoms with van der Waals surface area (Å²) >= 11 is 0. The third-order valence-electron chi connectivity index (χ3n) is 11.8. The van der Waals surface area contributed by atoms with Gasteiger partial charge in [0.2, 0.25) is 5.88 Å². The Hall–Kier alpha value is -5.63. The number of carbonyl (C=O) groups is 1. The van der Waals surface area contributed by atoms with Crippen LogP contribution in [0.3, 0.4) is 0 Å². The molecule has 2 unspecified atom stereocenters. The van der Waals surface area contributed by atoms with Crippen LogP contribution in [0.2, 0.25) is 0 Å². The van der Waals surface area contributed by atoms with Crippen LogP contribution in [0.15, 0.2) is 27.7 Å². The van der Waals surface area contributed by atoms with Gasteiger partial charge in [0.15, 0.2) is 5.82 Å². The van der Waals surface area contributed by atoms with Crippen molar-refractivity contribution >= 4 is 56.9 Å². The van der Waals surface area contributed by atoms with Crippen molar-refractivity contribution in [2.24, 2.45) is 12.0 Å². The molecule has 0 N–H and O–H groups in total. The van der Waals surface area contributed by atoms with Crippen LogP contribution in [-0.2, 0) is 11.8 Å². The highest BCUT2D eigenvalue weighted by Crippen LogP contribution is 2.47. The van der Waals surface area contributed by atoms with Gasteiger partial charge < -0.3 is 23.7 Å². The minimum atomic E-state index is -0.986. The standard InChI is InChI=1S/C41H45F3N10O4/c1-40(2,3)58-39(55)54-23-8-9-24(54)18-52(17-23)36-30-26-19-51(6)49-34(26)32(31-27(43)10-11-28-29(31)25(15-45)37(57-28)46-21-50(4)5)33(44)35(30)47-38(48-36)56-20-41-12-7-13-53(41)16-22(42)14-41/h10-11,19,21-24H,7-9,12-14,16-18,20H2,1-6H3/b46-21+/t22-,23?,24?,41+/m1/s1. The Labute approximate surface area is 332 Å². The zero-order valence-corrected chi connectivity index (χ0v) is 33.4. The Morgan fingerprint density at radius 1 is 1.12 bits per heavy atom. The summed E-state index contributed by atoms with van der Waals surface area (Å²) in [7, 11) is 5.18. The number of aryl methyl sites for hydroxylation is 1. The number of aromatic nitrogens is 4. The number of nitrogens with zero attached hydrogens (tertiary/aromatic N) is 10. The van der Waals surface area contributed by atoms with Gasteiger partial charge in [-0.2, -0.15) is 20.3 Å². The quantitative estimate of drug-likeness (QED) is 0.126. The van der Waals surface area contributed by atoms with Crippen LogP contribution < -0.4 is 9.64 Å². The molecule has 4 aliphatic heterocycles. The number of alkyl halides is 1. The number of piperazine rings is 1. The van der Waals surface area contributed by atoms with Gasteiger partial charge in [-0.1, -0.05) is 0 Å². The minimum Gasteiger partial charge on any atom is -0.461 e. The van der Waals surface area contributed by atoms with Crippen LogP contribution in [0.25, 0.3) is 43.9 Å². The molecular weight excluding hydrogens is 754 g/mol. The van der Waals surface area contributed by atoms with Crippen molar-refractivity contribution in [3.05, 3.63) is 35.5 Å². The second kappa shape index (κ2) is 13.7. The zero-order chi connectivity index (χ0) is 40.8. The number of anilines is 1. The lowest BCUT2D eigenvalue weighted by Crippen LogP contribution is -2.57. The summed E-state index contributed by atoms with van der Waals surface area (Å²) in [4.78, 5) is 35.0. The van der Waals surface area contributed by atoms with E-state index in [2.05, 4.69) is 21.1 Å². The van der Waals surface area contributed by atoms with Crippen molar-refractivity contribution < 1.29 is 31.9 Å².